The van der Waals surface area contributed by atoms with Crippen LogP contribution in [0.2, 0.25) is 0 Å². The van der Waals surface area contributed by atoms with Crippen molar-refractivity contribution < 1.29 is 13.2 Å². The van der Waals surface area contributed by atoms with Gasteiger partial charge in [-0.25, -0.2) is 4.98 Å². The van der Waals surface area contributed by atoms with Crippen LogP contribution in [0.1, 0.15) is 29.6 Å². The van der Waals surface area contributed by atoms with Crippen molar-refractivity contribution in [3.05, 3.63) is 52.0 Å². The van der Waals surface area contributed by atoms with Gasteiger partial charge in [0.05, 0.1) is 5.01 Å². The van der Waals surface area contributed by atoms with Crippen molar-refractivity contribution in [3.63, 3.8) is 0 Å². The van der Waals surface area contributed by atoms with E-state index in [2.05, 4.69) is 39.7 Å². The van der Waals surface area contributed by atoms with Crippen LogP contribution in [0.3, 0.4) is 0 Å². The maximum Gasteiger partial charge on any atom is 0.434 e. The monoisotopic (exact) mass is 512 g/mol. The summed E-state index contributed by atoms with van der Waals surface area (Å²) >= 11 is 1.02. The van der Waals surface area contributed by atoms with Crippen LogP contribution in [0.4, 0.5) is 13.2 Å². The highest BCUT2D eigenvalue weighted by atomic mass is 127. The van der Waals surface area contributed by atoms with Crippen molar-refractivity contribution in [1.29, 1.82) is 0 Å². The van der Waals surface area contributed by atoms with E-state index < -0.39 is 11.9 Å². The number of nitrogens with one attached hydrogen (secondary N) is 2. The highest BCUT2D eigenvalue weighted by molar-refractivity contribution is 14.0. The van der Waals surface area contributed by atoms with E-state index >= 15 is 0 Å². The van der Waals surface area contributed by atoms with Crippen molar-refractivity contribution in [3.8, 4) is 0 Å². The molecule has 0 fully saturated rings. The van der Waals surface area contributed by atoms with E-state index in [1.54, 1.807) is 7.05 Å². The van der Waals surface area contributed by atoms with Gasteiger partial charge in [-0.2, -0.15) is 13.2 Å². The van der Waals surface area contributed by atoms with Crippen molar-refractivity contribution in [2.45, 2.75) is 38.4 Å². The molecule has 1 aromatic carbocycles. The number of aliphatic imine (C=N–C) groups is 1. The topological polar surface area (TPSA) is 49.3 Å². The molecule has 27 heavy (non-hydrogen) atoms. The molecule has 0 aliphatic rings. The predicted molar refractivity (Wildman–Crippen MR) is 115 cm³/mol. The first-order valence-corrected chi connectivity index (χ1v) is 9.29. The molecule has 1 aromatic heterocycles. The number of alkyl halides is 3. The SMILES string of the molecule is CN=C(NCCc1nc(C(F)(F)F)cs1)NC(C)CCc1ccccc1.I. The van der Waals surface area contributed by atoms with E-state index in [0.717, 1.165) is 29.6 Å². The van der Waals surface area contributed by atoms with Gasteiger partial charge in [0.1, 0.15) is 0 Å². The molecule has 1 heterocycles. The summed E-state index contributed by atoms with van der Waals surface area (Å²) in [5.41, 5.74) is 0.461. The Balaban J connectivity index is 0.00000364. The number of nitrogens with zero attached hydrogens (tertiary/aromatic N) is 2. The first kappa shape index (κ1) is 23.7. The Kier molecular flexibility index (Phi) is 10.1. The molecular formula is C18H24F3IN4S. The van der Waals surface area contributed by atoms with E-state index in [4.69, 9.17) is 0 Å². The zero-order chi connectivity index (χ0) is 19.0. The van der Waals surface area contributed by atoms with Crippen molar-refractivity contribution in [2.24, 2.45) is 4.99 Å². The molecule has 2 rings (SSSR count). The van der Waals surface area contributed by atoms with Crippen molar-refractivity contribution in [2.75, 3.05) is 13.6 Å². The summed E-state index contributed by atoms with van der Waals surface area (Å²) in [4.78, 5) is 7.78. The zero-order valence-corrected chi connectivity index (χ0v) is 18.4. The largest absolute Gasteiger partial charge is 0.434 e. The van der Waals surface area contributed by atoms with Crippen LogP contribution >= 0.6 is 35.3 Å². The number of hydrogen-bond acceptors (Lipinski definition) is 3. The Labute approximate surface area is 178 Å². The third kappa shape index (κ3) is 8.46. The van der Waals surface area contributed by atoms with E-state index in [1.807, 2.05) is 18.2 Å². The molecule has 0 aliphatic carbocycles. The highest BCUT2D eigenvalue weighted by Crippen LogP contribution is 2.29. The average Bonchev–Trinajstić information content (AvgIpc) is 3.09. The van der Waals surface area contributed by atoms with Gasteiger partial charge < -0.3 is 10.6 Å². The lowest BCUT2D eigenvalue weighted by Crippen LogP contribution is -2.43. The third-order valence-electron chi connectivity index (χ3n) is 3.79. The lowest BCUT2D eigenvalue weighted by molar-refractivity contribution is -0.140. The minimum atomic E-state index is -4.38. The van der Waals surface area contributed by atoms with Crippen molar-refractivity contribution >= 4 is 41.3 Å². The van der Waals surface area contributed by atoms with Crippen LogP contribution in [-0.4, -0.2) is 30.6 Å². The van der Waals surface area contributed by atoms with E-state index in [1.165, 1.54) is 5.56 Å². The first-order valence-electron chi connectivity index (χ1n) is 8.41. The number of halogens is 4. The fourth-order valence-corrected chi connectivity index (χ4v) is 3.18. The van der Waals surface area contributed by atoms with E-state index in [9.17, 15) is 13.2 Å². The second kappa shape index (κ2) is 11.5. The van der Waals surface area contributed by atoms with Gasteiger partial charge in [0.25, 0.3) is 0 Å². The predicted octanol–water partition coefficient (Wildman–Crippen LogP) is 4.51. The quantitative estimate of drug-likeness (QED) is 0.326. The lowest BCUT2D eigenvalue weighted by atomic mass is 10.1. The molecule has 0 aliphatic heterocycles. The average molecular weight is 512 g/mol. The van der Waals surface area contributed by atoms with Gasteiger partial charge >= 0.3 is 6.18 Å². The zero-order valence-electron chi connectivity index (χ0n) is 15.2. The van der Waals surface area contributed by atoms with Gasteiger partial charge in [0, 0.05) is 31.4 Å². The molecule has 2 N–H and O–H groups in total. The van der Waals surface area contributed by atoms with Gasteiger partial charge in [0.15, 0.2) is 11.7 Å². The molecule has 0 saturated carbocycles. The Morgan fingerprint density at radius 3 is 2.52 bits per heavy atom. The first-order chi connectivity index (χ1) is 12.4. The van der Waals surface area contributed by atoms with Gasteiger partial charge in [0.2, 0.25) is 0 Å². The number of rotatable bonds is 7. The maximum absolute atomic E-state index is 12.5. The summed E-state index contributed by atoms with van der Waals surface area (Å²) in [5.74, 6) is 0.637. The summed E-state index contributed by atoms with van der Waals surface area (Å²) in [6, 6.07) is 10.5. The van der Waals surface area contributed by atoms with E-state index in [0.29, 0.717) is 23.9 Å². The lowest BCUT2D eigenvalue weighted by Gasteiger charge is -2.17. The van der Waals surface area contributed by atoms with Gasteiger partial charge in [-0.1, -0.05) is 30.3 Å². The van der Waals surface area contributed by atoms with Crippen LogP contribution < -0.4 is 10.6 Å². The normalized spacial score (nSPS) is 13.0. The fraction of sp³-hybridized carbons (Fsp3) is 0.444. The Hall–Kier alpha value is -1.36. The number of aromatic nitrogens is 1. The molecule has 1 atom stereocenters. The Morgan fingerprint density at radius 2 is 1.93 bits per heavy atom. The summed E-state index contributed by atoms with van der Waals surface area (Å²) in [6.45, 7) is 2.54. The summed E-state index contributed by atoms with van der Waals surface area (Å²) in [5, 5.41) is 7.92. The van der Waals surface area contributed by atoms with Gasteiger partial charge in [-0.3, -0.25) is 4.99 Å². The number of hydrogen-bond donors (Lipinski definition) is 2. The standard InChI is InChI=1S/C18H23F3N4S.HI/c1-13(8-9-14-6-4-3-5-7-14)24-17(22-2)23-11-10-16-25-15(12-26-16)18(19,20)21;/h3-7,12-13H,8-11H2,1-2H3,(H2,22,23,24);1H. The maximum atomic E-state index is 12.5. The second-order valence-corrected chi connectivity index (χ2v) is 6.89. The van der Waals surface area contributed by atoms with Crippen LogP contribution in [0.25, 0.3) is 0 Å². The number of guanidine groups is 1. The molecule has 4 nitrogen and oxygen atoms in total. The molecule has 0 amide bonds. The number of aryl methyl sites for hydroxylation is 1. The third-order valence-corrected chi connectivity index (χ3v) is 4.70. The molecule has 1 unspecified atom stereocenters. The van der Waals surface area contributed by atoms with Crippen LogP contribution in [0.15, 0.2) is 40.7 Å². The minimum absolute atomic E-state index is 0. The second-order valence-electron chi connectivity index (χ2n) is 5.94. The van der Waals surface area contributed by atoms with E-state index in [-0.39, 0.29) is 30.0 Å². The number of benzene rings is 1. The Morgan fingerprint density at radius 1 is 1.22 bits per heavy atom. The molecule has 0 bridgehead atoms. The van der Waals surface area contributed by atoms with Crippen LogP contribution in [0.5, 0.6) is 0 Å². The summed E-state index contributed by atoms with van der Waals surface area (Å²) < 4.78 is 37.6. The van der Waals surface area contributed by atoms with Gasteiger partial charge in [-0.05, 0) is 25.3 Å². The molecule has 9 heteroatoms. The minimum Gasteiger partial charge on any atom is -0.356 e. The van der Waals surface area contributed by atoms with Crippen molar-refractivity contribution in [1.82, 2.24) is 15.6 Å². The fourth-order valence-electron chi connectivity index (χ4n) is 2.37. The van der Waals surface area contributed by atoms with Crippen LogP contribution in [-0.2, 0) is 19.0 Å². The molecule has 0 saturated heterocycles. The van der Waals surface area contributed by atoms with Crippen LogP contribution in [0, 0.1) is 0 Å². The smallest absolute Gasteiger partial charge is 0.356 e. The Bertz CT molecular complexity index is 704. The molecule has 2 aromatic rings. The number of thiazole rings is 1. The summed E-state index contributed by atoms with van der Waals surface area (Å²) in [7, 11) is 1.67. The molecule has 0 spiro atoms. The highest BCUT2D eigenvalue weighted by Gasteiger charge is 2.33. The molecule has 150 valence electrons. The summed E-state index contributed by atoms with van der Waals surface area (Å²) in [6.07, 6.45) is -2.05. The molecular weight excluding hydrogens is 488 g/mol. The molecule has 0 radical (unpaired) electrons. The van der Waals surface area contributed by atoms with Gasteiger partial charge in [-0.15, -0.1) is 35.3 Å².